The average Bonchev–Trinajstić information content (AvgIpc) is 3.41. The minimum atomic E-state index is -0.229. The molecule has 0 amide bonds. The molecule has 0 saturated heterocycles. The summed E-state index contributed by atoms with van der Waals surface area (Å²) in [6.07, 6.45) is 1.71. The van der Waals surface area contributed by atoms with E-state index in [1.54, 1.807) is 18.2 Å². The highest BCUT2D eigenvalue weighted by Crippen LogP contribution is 2.24. The monoisotopic (exact) mass is 483 g/mol. The van der Waals surface area contributed by atoms with Gasteiger partial charge in [0, 0.05) is 26.7 Å². The van der Waals surface area contributed by atoms with Crippen molar-refractivity contribution in [3.8, 4) is 22.7 Å². The maximum absolute atomic E-state index is 12.7. The highest BCUT2D eigenvalue weighted by Gasteiger charge is 2.13. The third-order valence-corrected chi connectivity index (χ3v) is 6.02. The van der Waals surface area contributed by atoms with Crippen molar-refractivity contribution in [2.24, 2.45) is 0 Å². The molecule has 5 aromatic rings. The highest BCUT2D eigenvalue weighted by atomic mass is 79.9. The normalized spacial score (nSPS) is 12.1. The van der Waals surface area contributed by atoms with Crippen LogP contribution in [0.2, 0.25) is 5.02 Å². The van der Waals surface area contributed by atoms with Gasteiger partial charge in [0.25, 0.3) is 5.56 Å². The standard InChI is InChI=1S/C21H11BrClN3O2S/c22-14-6-4-12(5-7-14)17-9-8-16(28-17)11-18-20(27)26-21(29-18)24-19(25-26)13-2-1-3-15(23)10-13/h1-11H. The smallest absolute Gasteiger partial charge is 0.291 e. The van der Waals surface area contributed by atoms with E-state index in [0.29, 0.717) is 26.1 Å². The van der Waals surface area contributed by atoms with E-state index in [4.69, 9.17) is 16.0 Å². The van der Waals surface area contributed by atoms with Crippen LogP contribution in [0.15, 0.2) is 74.3 Å². The maximum Gasteiger partial charge on any atom is 0.291 e. The van der Waals surface area contributed by atoms with E-state index in [0.717, 1.165) is 21.4 Å². The van der Waals surface area contributed by atoms with Gasteiger partial charge in [-0.05, 0) is 36.4 Å². The average molecular weight is 485 g/mol. The third kappa shape index (κ3) is 3.53. The molecule has 3 aromatic heterocycles. The summed E-state index contributed by atoms with van der Waals surface area (Å²) in [6, 6.07) is 18.8. The van der Waals surface area contributed by atoms with Gasteiger partial charge in [-0.25, -0.2) is 0 Å². The molecule has 0 aliphatic carbocycles. The highest BCUT2D eigenvalue weighted by molar-refractivity contribution is 9.10. The zero-order chi connectivity index (χ0) is 20.0. The van der Waals surface area contributed by atoms with Gasteiger partial charge in [-0.2, -0.15) is 9.50 Å². The first kappa shape index (κ1) is 18.3. The second kappa shape index (κ2) is 7.26. The Balaban J connectivity index is 1.52. The zero-order valence-electron chi connectivity index (χ0n) is 14.7. The van der Waals surface area contributed by atoms with Crippen molar-refractivity contribution in [3.05, 3.63) is 90.8 Å². The molecule has 0 aliphatic heterocycles. The third-order valence-electron chi connectivity index (χ3n) is 4.29. The Bertz CT molecular complexity index is 1450. The van der Waals surface area contributed by atoms with Crippen molar-refractivity contribution < 1.29 is 4.42 Å². The van der Waals surface area contributed by atoms with Crippen LogP contribution >= 0.6 is 38.9 Å². The van der Waals surface area contributed by atoms with Crippen molar-refractivity contribution in [1.29, 1.82) is 0 Å². The van der Waals surface area contributed by atoms with Crippen molar-refractivity contribution in [3.63, 3.8) is 0 Å². The van der Waals surface area contributed by atoms with Gasteiger partial charge in [0.2, 0.25) is 4.96 Å². The molecule has 0 radical (unpaired) electrons. The number of furan rings is 1. The van der Waals surface area contributed by atoms with Crippen molar-refractivity contribution >= 4 is 49.9 Å². The lowest BCUT2D eigenvalue weighted by atomic mass is 10.2. The molecule has 0 saturated carbocycles. The number of hydrogen-bond acceptors (Lipinski definition) is 5. The molecular formula is C21H11BrClN3O2S. The Kier molecular flexibility index (Phi) is 4.58. The van der Waals surface area contributed by atoms with E-state index in [1.807, 2.05) is 48.5 Å². The van der Waals surface area contributed by atoms with Crippen molar-refractivity contribution in [1.82, 2.24) is 14.6 Å². The van der Waals surface area contributed by atoms with Crippen LogP contribution in [0, 0.1) is 0 Å². The first-order chi connectivity index (χ1) is 14.1. The lowest BCUT2D eigenvalue weighted by Crippen LogP contribution is -2.23. The van der Waals surface area contributed by atoms with Gasteiger partial charge < -0.3 is 4.42 Å². The van der Waals surface area contributed by atoms with Crippen LogP contribution in [0.1, 0.15) is 5.76 Å². The topological polar surface area (TPSA) is 60.4 Å². The predicted octanol–water partition coefficient (Wildman–Crippen LogP) is 5.04. The Morgan fingerprint density at radius 2 is 1.90 bits per heavy atom. The summed E-state index contributed by atoms with van der Waals surface area (Å²) in [5, 5.41) is 4.93. The SMILES string of the molecule is O=c1c(=Cc2ccc(-c3ccc(Br)cc3)o2)sc2nc(-c3cccc(Cl)c3)nn12. The lowest BCUT2D eigenvalue weighted by Gasteiger charge is -1.96. The number of rotatable bonds is 3. The molecule has 0 fully saturated rings. The van der Waals surface area contributed by atoms with Crippen LogP contribution in [-0.4, -0.2) is 14.6 Å². The van der Waals surface area contributed by atoms with Crippen LogP contribution in [-0.2, 0) is 0 Å². The molecule has 142 valence electrons. The van der Waals surface area contributed by atoms with Gasteiger partial charge in [0.15, 0.2) is 5.82 Å². The van der Waals surface area contributed by atoms with Gasteiger partial charge in [0.1, 0.15) is 16.1 Å². The Morgan fingerprint density at radius 3 is 2.66 bits per heavy atom. The summed E-state index contributed by atoms with van der Waals surface area (Å²) in [5.41, 5.74) is 1.50. The molecule has 2 aromatic carbocycles. The van der Waals surface area contributed by atoms with Crippen molar-refractivity contribution in [2.75, 3.05) is 0 Å². The van der Waals surface area contributed by atoms with Gasteiger partial charge >= 0.3 is 0 Å². The number of halogens is 2. The van der Waals surface area contributed by atoms with Crippen LogP contribution in [0.5, 0.6) is 0 Å². The largest absolute Gasteiger partial charge is 0.457 e. The lowest BCUT2D eigenvalue weighted by molar-refractivity contribution is 0.571. The first-order valence-electron chi connectivity index (χ1n) is 8.60. The summed E-state index contributed by atoms with van der Waals surface area (Å²) in [5.74, 6) is 1.80. The molecule has 3 heterocycles. The molecule has 0 spiro atoms. The van der Waals surface area contributed by atoms with Gasteiger partial charge in [-0.3, -0.25) is 4.79 Å². The van der Waals surface area contributed by atoms with Crippen LogP contribution < -0.4 is 10.1 Å². The first-order valence-corrected chi connectivity index (χ1v) is 10.6. The van der Waals surface area contributed by atoms with E-state index < -0.39 is 0 Å². The van der Waals surface area contributed by atoms with Crippen LogP contribution in [0.3, 0.4) is 0 Å². The molecule has 0 N–H and O–H groups in total. The van der Waals surface area contributed by atoms with Gasteiger partial charge in [-0.15, -0.1) is 5.10 Å². The number of thiazole rings is 1. The summed E-state index contributed by atoms with van der Waals surface area (Å²) in [7, 11) is 0. The Labute approximate surface area is 182 Å². The molecule has 5 nitrogen and oxygen atoms in total. The fourth-order valence-corrected chi connectivity index (χ4v) is 4.25. The molecule has 5 rings (SSSR count). The van der Waals surface area contributed by atoms with E-state index in [2.05, 4.69) is 26.0 Å². The van der Waals surface area contributed by atoms with E-state index in [9.17, 15) is 4.79 Å². The molecule has 8 heteroatoms. The number of fused-ring (bicyclic) bond motifs is 1. The number of hydrogen-bond donors (Lipinski definition) is 0. The van der Waals surface area contributed by atoms with E-state index >= 15 is 0 Å². The molecule has 29 heavy (non-hydrogen) atoms. The second-order valence-electron chi connectivity index (χ2n) is 6.26. The number of benzene rings is 2. The number of aromatic nitrogens is 3. The van der Waals surface area contributed by atoms with E-state index in [1.165, 1.54) is 15.9 Å². The van der Waals surface area contributed by atoms with Crippen LogP contribution in [0.4, 0.5) is 0 Å². The van der Waals surface area contributed by atoms with Gasteiger partial charge in [0.05, 0.1) is 0 Å². The fourth-order valence-electron chi connectivity index (χ4n) is 2.91. The molecular weight excluding hydrogens is 474 g/mol. The predicted molar refractivity (Wildman–Crippen MR) is 118 cm³/mol. The second-order valence-corrected chi connectivity index (χ2v) is 8.63. The quantitative estimate of drug-likeness (QED) is 0.360. The summed E-state index contributed by atoms with van der Waals surface area (Å²) < 4.78 is 8.70. The van der Waals surface area contributed by atoms with Gasteiger partial charge in [-0.1, -0.05) is 63.1 Å². The molecule has 0 atom stereocenters. The Hall–Kier alpha value is -2.74. The fraction of sp³-hybridized carbons (Fsp3) is 0. The minimum absolute atomic E-state index is 0.229. The molecule has 0 unspecified atom stereocenters. The summed E-state index contributed by atoms with van der Waals surface area (Å²) in [6.45, 7) is 0. The molecule has 0 bridgehead atoms. The molecule has 0 aliphatic rings. The Morgan fingerprint density at radius 1 is 1.07 bits per heavy atom. The maximum atomic E-state index is 12.7. The van der Waals surface area contributed by atoms with Crippen molar-refractivity contribution in [2.45, 2.75) is 0 Å². The van der Waals surface area contributed by atoms with E-state index in [-0.39, 0.29) is 5.56 Å². The minimum Gasteiger partial charge on any atom is -0.457 e. The summed E-state index contributed by atoms with van der Waals surface area (Å²) in [4.78, 5) is 17.7. The number of nitrogens with zero attached hydrogens (tertiary/aromatic N) is 3. The van der Waals surface area contributed by atoms with Crippen LogP contribution in [0.25, 0.3) is 33.7 Å². The summed E-state index contributed by atoms with van der Waals surface area (Å²) >= 11 is 10.7. The zero-order valence-corrected chi connectivity index (χ0v) is 17.8.